The van der Waals surface area contributed by atoms with Crippen LogP contribution in [0.25, 0.3) is 0 Å². The van der Waals surface area contributed by atoms with Crippen LogP contribution in [0, 0.1) is 0 Å². The van der Waals surface area contributed by atoms with Crippen molar-refractivity contribution in [1.82, 2.24) is 0 Å². The van der Waals surface area contributed by atoms with Crippen molar-refractivity contribution in [2.24, 2.45) is 0 Å². The van der Waals surface area contributed by atoms with E-state index in [0.717, 1.165) is 0 Å². The first kappa shape index (κ1) is 7.03. The average molecular weight is 161 g/mol. The van der Waals surface area contributed by atoms with Crippen molar-refractivity contribution in [1.29, 1.82) is 0 Å². The summed E-state index contributed by atoms with van der Waals surface area (Å²) in [6.07, 6.45) is -0.0243. The lowest BCUT2D eigenvalue weighted by molar-refractivity contribution is 0.0923. The highest BCUT2D eigenvalue weighted by Gasteiger charge is 2.28. The molecule has 2 rings (SSSR count). The Labute approximate surface area is 69.2 Å². The highest BCUT2D eigenvalue weighted by Crippen LogP contribution is 2.26. The number of anilines is 1. The fourth-order valence-electron chi connectivity index (χ4n) is 1.44. The Morgan fingerprint density at radius 2 is 1.92 bits per heavy atom. The summed E-state index contributed by atoms with van der Waals surface area (Å²) in [4.78, 5) is 22.3. The molecule has 1 aliphatic rings. The zero-order valence-corrected chi connectivity index (χ0v) is 6.33. The van der Waals surface area contributed by atoms with Gasteiger partial charge < -0.3 is 5.73 Å². The fourth-order valence-corrected chi connectivity index (χ4v) is 1.44. The highest BCUT2D eigenvalue weighted by atomic mass is 16.2. The van der Waals surface area contributed by atoms with E-state index in [1.54, 1.807) is 18.2 Å². The summed E-state index contributed by atoms with van der Waals surface area (Å²) in [5.74, 6) is -0.282. The number of Topliss-reactive ketones (excluding diaryl/α,β-unsaturated/α-hetero) is 2. The van der Waals surface area contributed by atoms with Gasteiger partial charge in [-0.3, -0.25) is 9.59 Å². The van der Waals surface area contributed by atoms with Gasteiger partial charge in [0.1, 0.15) is 0 Å². The van der Waals surface area contributed by atoms with Gasteiger partial charge in [-0.15, -0.1) is 0 Å². The Bertz CT molecular complexity index is 382. The molecule has 0 amide bonds. The van der Waals surface area contributed by atoms with E-state index in [-0.39, 0.29) is 18.0 Å². The van der Waals surface area contributed by atoms with Crippen molar-refractivity contribution in [2.75, 3.05) is 5.73 Å². The van der Waals surface area contributed by atoms with Crippen LogP contribution in [0.5, 0.6) is 0 Å². The molecule has 0 fully saturated rings. The minimum Gasteiger partial charge on any atom is -0.398 e. The van der Waals surface area contributed by atoms with Gasteiger partial charge in [0.15, 0.2) is 11.6 Å². The molecule has 0 spiro atoms. The number of carbonyl (C=O) groups excluding carboxylic acids is 2. The molecule has 0 bridgehead atoms. The Morgan fingerprint density at radius 3 is 2.58 bits per heavy atom. The van der Waals surface area contributed by atoms with Gasteiger partial charge in [-0.2, -0.15) is 0 Å². The molecule has 60 valence electrons. The second kappa shape index (κ2) is 2.17. The molecule has 1 aromatic carbocycles. The molecule has 2 N–H and O–H groups in total. The zero-order chi connectivity index (χ0) is 8.72. The minimum absolute atomic E-state index is 0.0243. The second-order valence-corrected chi connectivity index (χ2v) is 2.79. The van der Waals surface area contributed by atoms with Crippen LogP contribution in [-0.4, -0.2) is 11.6 Å². The van der Waals surface area contributed by atoms with Gasteiger partial charge >= 0.3 is 0 Å². The summed E-state index contributed by atoms with van der Waals surface area (Å²) >= 11 is 0. The van der Waals surface area contributed by atoms with E-state index in [9.17, 15) is 9.59 Å². The first-order valence-electron chi connectivity index (χ1n) is 3.65. The number of nitrogen functional groups attached to an aromatic ring is 1. The van der Waals surface area contributed by atoms with Crippen LogP contribution in [0.2, 0.25) is 0 Å². The van der Waals surface area contributed by atoms with Gasteiger partial charge in [0.2, 0.25) is 0 Å². The van der Waals surface area contributed by atoms with Crippen molar-refractivity contribution in [3.8, 4) is 0 Å². The largest absolute Gasteiger partial charge is 0.398 e. The smallest absolute Gasteiger partial charge is 0.173 e. The Morgan fingerprint density at radius 1 is 1.17 bits per heavy atom. The van der Waals surface area contributed by atoms with Crippen molar-refractivity contribution in [3.05, 3.63) is 29.3 Å². The molecule has 1 aromatic rings. The predicted octanol–water partition coefficient (Wildman–Crippen LogP) is 1.04. The highest BCUT2D eigenvalue weighted by molar-refractivity contribution is 6.26. The summed E-state index contributed by atoms with van der Waals surface area (Å²) in [7, 11) is 0. The van der Waals surface area contributed by atoms with Gasteiger partial charge in [0.25, 0.3) is 0 Å². The van der Waals surface area contributed by atoms with Crippen LogP contribution in [0.15, 0.2) is 18.2 Å². The van der Waals surface area contributed by atoms with Crippen molar-refractivity contribution in [3.63, 3.8) is 0 Å². The summed E-state index contributed by atoms with van der Waals surface area (Å²) < 4.78 is 0. The first-order chi connectivity index (χ1) is 5.70. The Hall–Kier alpha value is -1.64. The SMILES string of the molecule is Nc1cccc2c1C(=O)CC2=O. The number of hydrogen-bond acceptors (Lipinski definition) is 3. The summed E-state index contributed by atoms with van der Waals surface area (Å²) in [5.41, 5.74) is 6.83. The van der Waals surface area contributed by atoms with Crippen LogP contribution in [0.4, 0.5) is 5.69 Å². The number of ketones is 2. The zero-order valence-electron chi connectivity index (χ0n) is 6.33. The lowest BCUT2D eigenvalue weighted by Crippen LogP contribution is -1.98. The fraction of sp³-hybridized carbons (Fsp3) is 0.111. The van der Waals surface area contributed by atoms with Crippen LogP contribution in [0.1, 0.15) is 27.1 Å². The number of fused-ring (bicyclic) bond motifs is 1. The average Bonchev–Trinajstić information content (AvgIpc) is 2.29. The molecule has 0 radical (unpaired) electrons. The number of rotatable bonds is 0. The summed E-state index contributed by atoms with van der Waals surface area (Å²) in [5, 5.41) is 0. The van der Waals surface area contributed by atoms with Gasteiger partial charge in [-0.1, -0.05) is 12.1 Å². The van der Waals surface area contributed by atoms with Gasteiger partial charge in [-0.25, -0.2) is 0 Å². The van der Waals surface area contributed by atoms with Crippen LogP contribution in [0.3, 0.4) is 0 Å². The number of carbonyl (C=O) groups is 2. The maximum Gasteiger partial charge on any atom is 0.173 e. The molecule has 0 aliphatic heterocycles. The van der Waals surface area contributed by atoms with Gasteiger partial charge in [0.05, 0.1) is 12.0 Å². The topological polar surface area (TPSA) is 60.2 Å². The Kier molecular flexibility index (Phi) is 1.27. The molecule has 0 saturated carbocycles. The standard InChI is InChI=1S/C9H7NO2/c10-6-3-1-2-5-7(11)4-8(12)9(5)6/h1-3H,4,10H2. The third-order valence-electron chi connectivity index (χ3n) is 2.00. The van der Waals surface area contributed by atoms with Crippen molar-refractivity contribution >= 4 is 17.3 Å². The quantitative estimate of drug-likeness (QED) is 0.456. The van der Waals surface area contributed by atoms with E-state index in [4.69, 9.17) is 5.73 Å². The maximum atomic E-state index is 11.2. The monoisotopic (exact) mass is 161 g/mol. The molecular weight excluding hydrogens is 154 g/mol. The third-order valence-corrected chi connectivity index (χ3v) is 2.00. The Balaban J connectivity index is 2.75. The van der Waals surface area contributed by atoms with E-state index in [2.05, 4.69) is 0 Å². The third kappa shape index (κ3) is 0.763. The molecule has 3 heteroatoms. The molecule has 12 heavy (non-hydrogen) atoms. The molecule has 0 heterocycles. The molecule has 0 aromatic heterocycles. The molecule has 3 nitrogen and oxygen atoms in total. The normalized spacial score (nSPS) is 15.0. The van der Waals surface area contributed by atoms with E-state index in [0.29, 0.717) is 16.8 Å². The van der Waals surface area contributed by atoms with E-state index < -0.39 is 0 Å². The summed E-state index contributed by atoms with van der Waals surface area (Å²) in [6, 6.07) is 4.96. The molecule has 0 saturated heterocycles. The number of nitrogens with two attached hydrogens (primary N) is 1. The molecular formula is C9H7NO2. The van der Waals surface area contributed by atoms with E-state index in [1.165, 1.54) is 0 Å². The lowest BCUT2D eigenvalue weighted by atomic mass is 10.1. The van der Waals surface area contributed by atoms with Crippen LogP contribution >= 0.6 is 0 Å². The minimum atomic E-state index is -0.159. The molecule has 1 aliphatic carbocycles. The number of hydrogen-bond donors (Lipinski definition) is 1. The predicted molar refractivity (Wildman–Crippen MR) is 44.1 cm³/mol. The molecule has 0 atom stereocenters. The van der Waals surface area contributed by atoms with Crippen LogP contribution in [-0.2, 0) is 0 Å². The first-order valence-corrected chi connectivity index (χ1v) is 3.65. The van der Waals surface area contributed by atoms with E-state index >= 15 is 0 Å². The van der Waals surface area contributed by atoms with Crippen LogP contribution < -0.4 is 5.73 Å². The molecule has 0 unspecified atom stereocenters. The van der Waals surface area contributed by atoms with Crippen molar-refractivity contribution in [2.45, 2.75) is 6.42 Å². The number of benzene rings is 1. The van der Waals surface area contributed by atoms with Gasteiger partial charge in [-0.05, 0) is 6.07 Å². The maximum absolute atomic E-state index is 11.2. The van der Waals surface area contributed by atoms with E-state index in [1.807, 2.05) is 0 Å². The van der Waals surface area contributed by atoms with Gasteiger partial charge in [0, 0.05) is 11.3 Å². The lowest BCUT2D eigenvalue weighted by Gasteiger charge is -1.98. The van der Waals surface area contributed by atoms with Crippen molar-refractivity contribution < 1.29 is 9.59 Å². The summed E-state index contributed by atoms with van der Waals surface area (Å²) in [6.45, 7) is 0. The second-order valence-electron chi connectivity index (χ2n) is 2.79.